The van der Waals surface area contributed by atoms with E-state index >= 15 is 0 Å². The number of halogens is 2. The van der Waals surface area contributed by atoms with E-state index in [2.05, 4.69) is 90.9 Å². The number of carboxylic acids is 1. The van der Waals surface area contributed by atoms with E-state index in [1.54, 1.807) is 6.08 Å². The first-order chi connectivity index (χ1) is 28.5. The first-order valence-corrected chi connectivity index (χ1v) is 21.2. The summed E-state index contributed by atoms with van der Waals surface area (Å²) in [7, 11) is 5.79. The van der Waals surface area contributed by atoms with E-state index in [0.717, 1.165) is 106 Å². The van der Waals surface area contributed by atoms with E-state index in [4.69, 9.17) is 25.2 Å². The van der Waals surface area contributed by atoms with Gasteiger partial charge < -0.3 is 60.0 Å². The van der Waals surface area contributed by atoms with Gasteiger partial charge in [-0.05, 0) is 87.3 Å². The number of aliphatic hydroxyl groups excluding tert-OH is 2. The molecule has 6 N–H and O–H groups in total. The molecule has 0 heterocycles. The summed E-state index contributed by atoms with van der Waals surface area (Å²) in [4.78, 5) is 65.4. The van der Waals surface area contributed by atoms with Crippen LogP contribution < -0.4 is 10.6 Å². The van der Waals surface area contributed by atoms with Crippen LogP contribution in [-0.2, 0) is 34.2 Å². The van der Waals surface area contributed by atoms with Crippen molar-refractivity contribution in [1.29, 1.82) is 0 Å². The van der Waals surface area contributed by atoms with Crippen molar-refractivity contribution in [3.8, 4) is 0 Å². The monoisotopic (exact) mass is 964 g/mol. The van der Waals surface area contributed by atoms with Crippen LogP contribution in [0.25, 0.3) is 5.57 Å². The molecule has 340 valence electrons. The van der Waals surface area contributed by atoms with Crippen molar-refractivity contribution < 1.29 is 49.2 Å². The van der Waals surface area contributed by atoms with Gasteiger partial charge in [-0.2, -0.15) is 0 Å². The summed E-state index contributed by atoms with van der Waals surface area (Å²) in [6.45, 7) is 18.5. The molecule has 0 bridgehead atoms. The number of benzene rings is 1. The van der Waals surface area contributed by atoms with Crippen molar-refractivity contribution in [3.63, 3.8) is 0 Å². The molecule has 14 nitrogen and oxygen atoms in total. The van der Waals surface area contributed by atoms with Gasteiger partial charge in [-0.15, -0.1) is 0 Å². The Labute approximate surface area is 370 Å². The van der Waals surface area contributed by atoms with Crippen LogP contribution in [0.2, 0.25) is 0 Å². The van der Waals surface area contributed by atoms with Crippen LogP contribution in [0.1, 0.15) is 90.2 Å². The number of rotatable bonds is 25. The lowest BCUT2D eigenvalue weighted by Gasteiger charge is -2.33. The lowest BCUT2D eigenvalue weighted by Crippen LogP contribution is -2.33. The van der Waals surface area contributed by atoms with Crippen molar-refractivity contribution in [1.82, 2.24) is 20.4 Å². The minimum atomic E-state index is -0.717. The number of hydrogen-bond acceptors (Lipinski definition) is 12. The number of hydrogen-bond donors (Lipinski definition) is 6. The zero-order valence-corrected chi connectivity index (χ0v) is 39.9. The van der Waals surface area contributed by atoms with Crippen LogP contribution in [-0.4, -0.2) is 148 Å². The number of carboxylic acid groups (broad SMARTS) is 2. The van der Waals surface area contributed by atoms with Crippen molar-refractivity contribution in [3.05, 3.63) is 62.6 Å². The molecule has 1 aliphatic rings. The molecule has 1 aromatic carbocycles. The van der Waals surface area contributed by atoms with Gasteiger partial charge in [0.1, 0.15) is 25.1 Å². The normalized spacial score (nSPS) is 11.7. The van der Waals surface area contributed by atoms with Crippen molar-refractivity contribution in [2.24, 2.45) is 0 Å². The second-order valence-corrected chi connectivity index (χ2v) is 13.8. The number of carbonyl (C=O) groups excluding carboxylic acids is 4. The van der Waals surface area contributed by atoms with Gasteiger partial charge in [-0.25, -0.2) is 0 Å². The van der Waals surface area contributed by atoms with E-state index in [9.17, 15) is 24.0 Å². The highest BCUT2D eigenvalue weighted by atomic mass is 79.9. The number of nitrogens with zero attached hydrogens (tertiary/aromatic N) is 2. The third-order valence-corrected chi connectivity index (χ3v) is 9.39. The quantitative estimate of drug-likeness (QED) is 0.0496. The number of aliphatic carboxylic acids is 1. The largest absolute Gasteiger partial charge is 0.483 e. The molecule has 0 aromatic heterocycles. The van der Waals surface area contributed by atoms with E-state index in [0.29, 0.717) is 45.1 Å². The Bertz CT molecular complexity index is 1290. The van der Waals surface area contributed by atoms with Gasteiger partial charge in [0.15, 0.2) is 0 Å². The van der Waals surface area contributed by atoms with Crippen LogP contribution in [0, 0.1) is 0 Å². The number of likely N-dealkylation sites (N-methyl/N-ethyl adjacent to an activating group) is 2. The fraction of sp³-hybridized carbons (Fsp3) is 0.581. The summed E-state index contributed by atoms with van der Waals surface area (Å²) in [5.41, 5.74) is 4.39. The molecule has 0 amide bonds. The van der Waals surface area contributed by atoms with Gasteiger partial charge in [0.25, 0.3) is 6.47 Å². The average molecular weight is 967 g/mol. The number of aldehydes is 4. The second kappa shape index (κ2) is 47.5. The van der Waals surface area contributed by atoms with E-state index in [-0.39, 0.29) is 18.3 Å². The highest BCUT2D eigenvalue weighted by Gasteiger charge is 2.42. The molecule has 16 heteroatoms. The minimum Gasteiger partial charge on any atom is -0.483 e. The van der Waals surface area contributed by atoms with Gasteiger partial charge in [0.2, 0.25) is 0 Å². The molecule has 0 aliphatic heterocycles. The number of aliphatic hydroxyl groups is 2. The third kappa shape index (κ3) is 31.3. The van der Waals surface area contributed by atoms with Crippen LogP contribution in [0.3, 0.4) is 0 Å². The van der Waals surface area contributed by atoms with Gasteiger partial charge in [0, 0.05) is 100 Å². The molecule has 0 spiro atoms. The molecule has 0 saturated carbocycles. The Kier molecular flexibility index (Phi) is 52.2. The van der Waals surface area contributed by atoms with Gasteiger partial charge in [-0.1, -0.05) is 71.4 Å². The molecule has 0 unspecified atom stereocenters. The lowest BCUT2D eigenvalue weighted by atomic mass is 9.70. The first kappa shape index (κ1) is 64.9. The van der Waals surface area contributed by atoms with E-state index < -0.39 is 5.97 Å². The Balaban J connectivity index is -0.000000238. The fourth-order valence-electron chi connectivity index (χ4n) is 5.86. The highest BCUT2D eigenvalue weighted by Crippen LogP contribution is 2.53. The van der Waals surface area contributed by atoms with Crippen LogP contribution >= 0.6 is 31.9 Å². The molecule has 0 radical (unpaired) electrons. The summed E-state index contributed by atoms with van der Waals surface area (Å²) in [5.74, 6) is -0.717. The summed E-state index contributed by atoms with van der Waals surface area (Å²) in [6.07, 6.45) is 12.3. The zero-order valence-electron chi connectivity index (χ0n) is 36.7. The van der Waals surface area contributed by atoms with E-state index in [1.807, 2.05) is 34.0 Å². The number of allylic oxidation sites excluding steroid dienone is 5. The molecule has 0 fully saturated rings. The fourth-order valence-corrected chi connectivity index (χ4v) is 6.45. The zero-order chi connectivity index (χ0) is 46.5. The summed E-state index contributed by atoms with van der Waals surface area (Å²) in [5, 5.41) is 35.5. The molecule has 0 atom stereocenters. The Morgan fingerprint density at radius 3 is 1.61 bits per heavy atom. The molecule has 1 aliphatic carbocycles. The topological polar surface area (TPSA) is 214 Å². The van der Waals surface area contributed by atoms with Crippen LogP contribution in [0.5, 0.6) is 0 Å². The maximum Gasteiger partial charge on any atom is 0.304 e. The standard InChI is InChI=1S/C20H20Br2O2.C9H18N2O2.C9H20N2O2.C2H6.CH2O2.2CH4O/c1-3-15(21)12-18-14(2)17-7-6-16(22)13-19(17)20(18,8-4-10-23)9-5-11-24;1-10-4-7-11(5-2-8-12)6-3-9-13;1-3-6-11(8-5-10-2)7-4-9(12)13;1-2;2-1-3;2*1-2/h3,6-7,10-13H,1,4-5,8-9H2,2H3;8-10H,2-7H2,1H3;10H,3-8H2,1-2H3,(H,12,13);1-2H3;1H,(H,2,3);2*2H,1H3/b15-12+;;;;;;. The molecule has 59 heavy (non-hydrogen) atoms. The number of carbonyl (C=O) groups is 6. The number of nitrogens with one attached hydrogen (secondary N) is 2. The van der Waals surface area contributed by atoms with Crippen molar-refractivity contribution in [2.45, 2.75) is 84.5 Å². The second-order valence-electron chi connectivity index (χ2n) is 12.0. The van der Waals surface area contributed by atoms with Crippen LogP contribution in [0.15, 0.2) is 51.5 Å². The van der Waals surface area contributed by atoms with Gasteiger partial charge in [-0.3, -0.25) is 9.59 Å². The average Bonchev–Trinajstić information content (AvgIpc) is 3.47. The predicted octanol–water partition coefficient (Wildman–Crippen LogP) is 5.92. The molecule has 1 aromatic rings. The van der Waals surface area contributed by atoms with E-state index in [1.165, 1.54) is 16.7 Å². The molecular weight excluding hydrogens is 892 g/mol. The molecule has 2 rings (SSSR count). The lowest BCUT2D eigenvalue weighted by molar-refractivity contribution is -0.137. The first-order valence-electron chi connectivity index (χ1n) is 19.7. The molecule has 0 saturated heterocycles. The third-order valence-electron chi connectivity index (χ3n) is 8.34. The summed E-state index contributed by atoms with van der Waals surface area (Å²) < 4.78 is 1.90. The Hall–Kier alpha value is -3.22. The summed E-state index contributed by atoms with van der Waals surface area (Å²) in [6, 6.07) is 6.26. The van der Waals surface area contributed by atoms with Crippen LogP contribution in [0.4, 0.5) is 0 Å². The van der Waals surface area contributed by atoms with Crippen molar-refractivity contribution in [2.75, 3.05) is 80.7 Å². The maximum absolute atomic E-state index is 11.1. The predicted molar refractivity (Wildman–Crippen MR) is 247 cm³/mol. The molecular formula is C43H74Br2N4O10. The smallest absolute Gasteiger partial charge is 0.304 e. The summed E-state index contributed by atoms with van der Waals surface area (Å²) >= 11 is 7.08. The Morgan fingerprint density at radius 2 is 1.24 bits per heavy atom. The van der Waals surface area contributed by atoms with Gasteiger partial charge >= 0.3 is 5.97 Å². The number of fused-ring (bicyclic) bond motifs is 1. The highest BCUT2D eigenvalue weighted by molar-refractivity contribution is 9.12. The Morgan fingerprint density at radius 1 is 0.797 bits per heavy atom. The van der Waals surface area contributed by atoms with Crippen molar-refractivity contribution >= 4 is 75.0 Å². The SMILES string of the molecule is C=C/C(Br)=C\C1=C(C)c2ccc(Br)cc2C1(CCC=O)CCC=O.CC.CCCN(CCNC)CCC(=O)O.CNCCN(CCC=O)CCC=O.CO.CO.O=CO. The maximum atomic E-state index is 11.1. The minimum absolute atomic E-state index is 0.240. The van der Waals surface area contributed by atoms with Gasteiger partial charge in [0.05, 0.1) is 6.42 Å².